The highest BCUT2D eigenvalue weighted by atomic mass is 16.2. The predicted molar refractivity (Wildman–Crippen MR) is 121 cm³/mol. The van der Waals surface area contributed by atoms with E-state index in [1.165, 1.54) is 0 Å². The van der Waals surface area contributed by atoms with Crippen LogP contribution in [0.15, 0.2) is 23.2 Å². The summed E-state index contributed by atoms with van der Waals surface area (Å²) in [5.41, 5.74) is 13.1. The van der Waals surface area contributed by atoms with Gasteiger partial charge in [-0.15, -0.1) is 0 Å². The minimum atomic E-state index is -0.285. The number of hydrogen-bond donors (Lipinski definition) is 4. The molecule has 0 spiro atoms. The van der Waals surface area contributed by atoms with Gasteiger partial charge in [0.2, 0.25) is 5.82 Å². The van der Waals surface area contributed by atoms with Crippen LogP contribution in [0.4, 0.5) is 5.82 Å². The molecule has 1 aliphatic rings. The number of hydrogen-bond acceptors (Lipinski definition) is 6. The van der Waals surface area contributed by atoms with E-state index in [9.17, 15) is 4.79 Å². The van der Waals surface area contributed by atoms with Crippen molar-refractivity contribution in [2.45, 2.75) is 44.7 Å². The molecule has 0 bridgehead atoms. The first-order chi connectivity index (χ1) is 14.3. The number of nitrogens with two attached hydrogens (primary N) is 2. The van der Waals surface area contributed by atoms with E-state index in [0.29, 0.717) is 12.4 Å². The fourth-order valence-corrected chi connectivity index (χ4v) is 3.73. The van der Waals surface area contributed by atoms with Gasteiger partial charge < -0.3 is 27.0 Å². The van der Waals surface area contributed by atoms with Crippen molar-refractivity contribution in [3.8, 4) is 0 Å². The molecule has 0 radical (unpaired) electrons. The Morgan fingerprint density at radius 1 is 1.23 bits per heavy atom. The summed E-state index contributed by atoms with van der Waals surface area (Å²) in [4.78, 5) is 28.1. The van der Waals surface area contributed by atoms with Crippen molar-refractivity contribution in [3.05, 3.63) is 29.6 Å². The van der Waals surface area contributed by atoms with Crippen LogP contribution in [0.1, 0.15) is 41.9 Å². The number of aliphatic imine (C=N–C) groups is 1. The normalized spacial score (nSPS) is 18.9. The maximum absolute atomic E-state index is 12.7. The first kappa shape index (κ1) is 21.8. The molecule has 0 aliphatic heterocycles. The van der Waals surface area contributed by atoms with Gasteiger partial charge in [-0.1, -0.05) is 24.5 Å². The summed E-state index contributed by atoms with van der Waals surface area (Å²) < 4.78 is 0. The molecule has 9 nitrogen and oxygen atoms in total. The fraction of sp³-hybridized carbons (Fsp3) is 0.524. The number of amides is 1. The van der Waals surface area contributed by atoms with Gasteiger partial charge in [0.1, 0.15) is 5.82 Å². The molecule has 1 amide bonds. The topological polar surface area (TPSA) is 135 Å². The number of nitrogens with zero attached hydrogens (tertiary/aromatic N) is 4. The summed E-state index contributed by atoms with van der Waals surface area (Å²) in [6.07, 6.45) is 4.02. The summed E-state index contributed by atoms with van der Waals surface area (Å²) in [7, 11) is 3.92. The number of benzene rings is 1. The number of nitrogens with one attached hydrogen (secondary N) is 2. The summed E-state index contributed by atoms with van der Waals surface area (Å²) in [5.74, 6) is 0.607. The van der Waals surface area contributed by atoms with Crippen LogP contribution in [0.3, 0.4) is 0 Å². The summed E-state index contributed by atoms with van der Waals surface area (Å²) in [5, 5.41) is 7.29. The van der Waals surface area contributed by atoms with Crippen LogP contribution in [-0.4, -0.2) is 66.0 Å². The molecule has 1 aliphatic carbocycles. The van der Waals surface area contributed by atoms with Gasteiger partial charge in [0, 0.05) is 18.5 Å². The Bertz CT molecular complexity index is 923. The number of likely N-dealkylation sites (N-methyl/N-ethyl adjacent to an activating group) is 1. The van der Waals surface area contributed by atoms with E-state index in [4.69, 9.17) is 11.5 Å². The highest BCUT2D eigenvalue weighted by Gasteiger charge is 2.26. The lowest BCUT2D eigenvalue weighted by atomic mass is 9.90. The van der Waals surface area contributed by atoms with Gasteiger partial charge in [0.05, 0.1) is 17.6 Å². The SMILES string of the molecule is Cc1ccc2nc(C(=O)NCCN(C)C)nc(NC3CCCCC3N=C(N)N)c2c1. The molecule has 1 aromatic heterocycles. The Morgan fingerprint density at radius 2 is 2.00 bits per heavy atom. The van der Waals surface area contributed by atoms with Crippen molar-refractivity contribution in [1.82, 2.24) is 20.2 Å². The van der Waals surface area contributed by atoms with E-state index < -0.39 is 0 Å². The van der Waals surface area contributed by atoms with E-state index in [1.54, 1.807) is 0 Å². The molecule has 0 saturated heterocycles. The molecular formula is C21H32N8O. The van der Waals surface area contributed by atoms with Crippen molar-refractivity contribution in [1.29, 1.82) is 0 Å². The molecule has 1 fully saturated rings. The lowest BCUT2D eigenvalue weighted by Crippen LogP contribution is -2.39. The van der Waals surface area contributed by atoms with Gasteiger partial charge in [-0.25, -0.2) is 15.0 Å². The van der Waals surface area contributed by atoms with E-state index >= 15 is 0 Å². The Hall–Kier alpha value is -2.94. The summed E-state index contributed by atoms with van der Waals surface area (Å²) in [6.45, 7) is 3.29. The molecule has 2 atom stereocenters. The smallest absolute Gasteiger partial charge is 0.289 e. The number of rotatable bonds is 7. The molecule has 2 unspecified atom stereocenters. The molecule has 3 rings (SSSR count). The second-order valence-electron chi connectivity index (χ2n) is 8.13. The molecule has 2 aromatic rings. The van der Waals surface area contributed by atoms with Crippen LogP contribution >= 0.6 is 0 Å². The minimum Gasteiger partial charge on any atom is -0.370 e. The third kappa shape index (κ3) is 5.56. The lowest BCUT2D eigenvalue weighted by molar-refractivity contribution is 0.0941. The van der Waals surface area contributed by atoms with Gasteiger partial charge in [0.25, 0.3) is 5.91 Å². The van der Waals surface area contributed by atoms with Gasteiger partial charge in [-0.05, 0) is 46.0 Å². The zero-order chi connectivity index (χ0) is 21.7. The van der Waals surface area contributed by atoms with Crippen LogP contribution in [-0.2, 0) is 0 Å². The predicted octanol–water partition coefficient (Wildman–Crippen LogP) is 1.23. The van der Waals surface area contributed by atoms with Crippen molar-refractivity contribution >= 4 is 28.6 Å². The molecule has 30 heavy (non-hydrogen) atoms. The number of aromatic nitrogens is 2. The monoisotopic (exact) mass is 412 g/mol. The first-order valence-corrected chi connectivity index (χ1v) is 10.4. The second kappa shape index (κ2) is 9.71. The second-order valence-corrected chi connectivity index (χ2v) is 8.13. The molecule has 162 valence electrons. The average Bonchev–Trinajstić information content (AvgIpc) is 2.69. The quantitative estimate of drug-likeness (QED) is 0.397. The maximum atomic E-state index is 12.7. The van der Waals surface area contributed by atoms with Gasteiger partial charge in [0.15, 0.2) is 5.96 Å². The standard InChI is InChI=1S/C21H32N8O/c1-13-8-9-15-14(12-13)18(26-16-6-4-5-7-17(16)27-21(22)23)28-19(25-15)20(30)24-10-11-29(2)3/h8-9,12,16-17H,4-7,10-11H2,1-3H3,(H,24,30)(H4,22,23,27)(H,25,26,28). The largest absolute Gasteiger partial charge is 0.370 e. The van der Waals surface area contributed by atoms with Crippen molar-refractivity contribution in [3.63, 3.8) is 0 Å². The Labute approximate surface area is 177 Å². The molecule has 1 saturated carbocycles. The van der Waals surface area contributed by atoms with Gasteiger partial charge >= 0.3 is 0 Å². The first-order valence-electron chi connectivity index (χ1n) is 10.4. The minimum absolute atomic E-state index is 0.0176. The van der Waals surface area contributed by atoms with Crippen LogP contribution < -0.4 is 22.1 Å². The third-order valence-electron chi connectivity index (χ3n) is 5.27. The van der Waals surface area contributed by atoms with Gasteiger partial charge in [-0.2, -0.15) is 0 Å². The van der Waals surface area contributed by atoms with E-state index in [0.717, 1.165) is 48.7 Å². The molecular weight excluding hydrogens is 380 g/mol. The Morgan fingerprint density at radius 3 is 2.73 bits per heavy atom. The van der Waals surface area contributed by atoms with Crippen molar-refractivity contribution in [2.24, 2.45) is 16.5 Å². The summed E-state index contributed by atoms with van der Waals surface area (Å²) in [6, 6.07) is 5.96. The fourth-order valence-electron chi connectivity index (χ4n) is 3.73. The number of guanidine groups is 1. The molecule has 1 heterocycles. The average molecular weight is 413 g/mol. The summed E-state index contributed by atoms with van der Waals surface area (Å²) >= 11 is 0. The maximum Gasteiger partial charge on any atom is 0.289 e. The van der Waals surface area contributed by atoms with Crippen LogP contribution in [0.25, 0.3) is 10.9 Å². The highest BCUT2D eigenvalue weighted by molar-refractivity contribution is 5.96. The van der Waals surface area contributed by atoms with Crippen molar-refractivity contribution < 1.29 is 4.79 Å². The third-order valence-corrected chi connectivity index (χ3v) is 5.27. The molecule has 1 aromatic carbocycles. The number of fused-ring (bicyclic) bond motifs is 1. The zero-order valence-corrected chi connectivity index (χ0v) is 18.0. The van der Waals surface area contributed by atoms with Crippen LogP contribution in [0.5, 0.6) is 0 Å². The molecule has 9 heteroatoms. The molecule has 6 N–H and O–H groups in total. The van der Waals surface area contributed by atoms with Crippen molar-refractivity contribution in [2.75, 3.05) is 32.5 Å². The van der Waals surface area contributed by atoms with E-state index in [1.807, 2.05) is 44.1 Å². The highest BCUT2D eigenvalue weighted by Crippen LogP contribution is 2.28. The zero-order valence-electron chi connectivity index (χ0n) is 18.0. The Kier molecular flexibility index (Phi) is 7.04. The Balaban J connectivity index is 1.92. The number of carbonyl (C=O) groups excluding carboxylic acids is 1. The van der Waals surface area contributed by atoms with E-state index in [-0.39, 0.29) is 29.8 Å². The number of carbonyl (C=O) groups is 1. The number of aryl methyl sites for hydroxylation is 1. The van der Waals surface area contributed by atoms with Gasteiger partial charge in [-0.3, -0.25) is 4.79 Å². The number of anilines is 1. The lowest BCUT2D eigenvalue weighted by Gasteiger charge is -2.30. The van der Waals surface area contributed by atoms with E-state index in [2.05, 4.69) is 25.6 Å². The van der Waals surface area contributed by atoms with Crippen LogP contribution in [0, 0.1) is 6.92 Å². The van der Waals surface area contributed by atoms with Crippen LogP contribution in [0.2, 0.25) is 0 Å².